The Morgan fingerprint density at radius 3 is 2.68 bits per heavy atom. The highest BCUT2D eigenvalue weighted by Gasteiger charge is 2.28. The number of carbonyl (C=O) groups is 1. The molecule has 2 heterocycles. The van der Waals surface area contributed by atoms with Crippen molar-refractivity contribution in [3.05, 3.63) is 81.2 Å². The normalized spacial score (nSPS) is 14.3. The number of thioether (sulfide) groups is 2. The molecule has 4 rings (SSSR count). The van der Waals surface area contributed by atoms with Gasteiger partial charge in [0.1, 0.15) is 16.7 Å². The number of hydrogen-bond acceptors (Lipinski definition) is 7. The summed E-state index contributed by atoms with van der Waals surface area (Å²) >= 11 is 2.57. The third-order valence-corrected chi connectivity index (χ3v) is 7.08. The average molecular weight is 450 g/mol. The van der Waals surface area contributed by atoms with Crippen LogP contribution >= 0.6 is 23.5 Å². The Morgan fingerprint density at radius 1 is 1.19 bits per heavy atom. The lowest BCUT2D eigenvalue weighted by atomic mass is 10.1. The molecular weight excluding hydrogens is 430 g/mol. The number of rotatable bonds is 7. The number of benzene rings is 2. The van der Waals surface area contributed by atoms with Crippen molar-refractivity contribution in [2.75, 3.05) is 17.7 Å². The van der Waals surface area contributed by atoms with Crippen molar-refractivity contribution in [3.63, 3.8) is 0 Å². The van der Waals surface area contributed by atoms with Gasteiger partial charge in [0.25, 0.3) is 0 Å². The van der Waals surface area contributed by atoms with Crippen molar-refractivity contribution in [3.8, 4) is 6.07 Å². The van der Waals surface area contributed by atoms with Crippen LogP contribution in [0.4, 0.5) is 5.69 Å². The first-order valence-electron chi connectivity index (χ1n) is 9.58. The summed E-state index contributed by atoms with van der Waals surface area (Å²) in [5, 5.41) is 17.2. The number of nitrogens with one attached hydrogen (secondary N) is 1. The summed E-state index contributed by atoms with van der Waals surface area (Å²) in [4.78, 5) is 27.9. The Bertz CT molecular complexity index is 1240. The fourth-order valence-electron chi connectivity index (χ4n) is 3.25. The van der Waals surface area contributed by atoms with Gasteiger partial charge < -0.3 is 4.90 Å². The van der Waals surface area contributed by atoms with Crippen LogP contribution in [0.1, 0.15) is 5.56 Å². The van der Waals surface area contributed by atoms with E-state index in [9.17, 15) is 14.9 Å². The van der Waals surface area contributed by atoms with Crippen LogP contribution in [0.15, 0.2) is 80.0 Å². The second-order valence-electron chi connectivity index (χ2n) is 6.83. The highest BCUT2D eigenvalue weighted by Crippen LogP contribution is 2.46. The molecule has 7 nitrogen and oxygen atoms in total. The Labute approximate surface area is 187 Å². The van der Waals surface area contributed by atoms with Gasteiger partial charge in [-0.3, -0.25) is 9.36 Å². The number of aryl methyl sites for hydroxylation is 1. The van der Waals surface area contributed by atoms with Crippen molar-refractivity contribution in [2.24, 2.45) is 0 Å². The van der Waals surface area contributed by atoms with E-state index in [0.29, 0.717) is 23.2 Å². The fraction of sp³-hybridized carbons (Fsp3) is 0.182. The number of hydrogen-bond donors (Lipinski definition) is 1. The van der Waals surface area contributed by atoms with Crippen molar-refractivity contribution in [1.29, 1.82) is 5.26 Å². The molecule has 0 saturated carbocycles. The van der Waals surface area contributed by atoms with Crippen LogP contribution in [0.25, 0.3) is 0 Å². The summed E-state index contributed by atoms with van der Waals surface area (Å²) < 4.78 is 1.52. The highest BCUT2D eigenvalue weighted by atomic mass is 32.2. The molecule has 0 aliphatic carbocycles. The minimum atomic E-state index is -0.314. The minimum absolute atomic E-state index is 0.0206. The average Bonchev–Trinajstić information content (AvgIpc) is 3.32. The number of allylic oxidation sites excluding steroid dienone is 1. The summed E-state index contributed by atoms with van der Waals surface area (Å²) in [5.41, 5.74) is 1.88. The van der Waals surface area contributed by atoms with Crippen LogP contribution in [-0.4, -0.2) is 33.3 Å². The summed E-state index contributed by atoms with van der Waals surface area (Å²) in [5.74, 6) is -0.271. The number of carbonyl (C=O) groups excluding carboxylic acids is 1. The predicted molar refractivity (Wildman–Crippen MR) is 122 cm³/mol. The highest BCUT2D eigenvalue weighted by molar-refractivity contribution is 8.03. The lowest BCUT2D eigenvalue weighted by Crippen LogP contribution is -2.19. The van der Waals surface area contributed by atoms with E-state index in [2.05, 4.69) is 16.3 Å². The van der Waals surface area contributed by atoms with Gasteiger partial charge in [0, 0.05) is 18.5 Å². The quantitative estimate of drug-likeness (QED) is 0.335. The molecule has 0 bridgehead atoms. The maximum Gasteiger partial charge on any atom is 0.343 e. The Morgan fingerprint density at radius 2 is 1.94 bits per heavy atom. The minimum Gasteiger partial charge on any atom is -0.337 e. The maximum atomic E-state index is 12.9. The molecule has 0 unspecified atom stereocenters. The molecule has 1 aliphatic rings. The molecule has 0 fully saturated rings. The third kappa shape index (κ3) is 4.45. The predicted octanol–water partition coefficient (Wildman–Crippen LogP) is 3.45. The van der Waals surface area contributed by atoms with Gasteiger partial charge in [-0.1, -0.05) is 66.0 Å². The molecule has 0 spiro atoms. The molecule has 1 N–H and O–H groups in total. The molecule has 156 valence electrons. The fourth-order valence-corrected chi connectivity index (χ4v) is 5.26. The number of Topliss-reactive ketones (excluding diaryl/α,β-unsaturated/α-hetero) is 1. The van der Waals surface area contributed by atoms with Gasteiger partial charge in [-0.25, -0.2) is 9.89 Å². The summed E-state index contributed by atoms with van der Waals surface area (Å²) in [7, 11) is 1.85. The first-order chi connectivity index (χ1) is 15.1. The number of nitriles is 1. The zero-order valence-corrected chi connectivity index (χ0v) is 18.4. The number of aromatic nitrogens is 3. The van der Waals surface area contributed by atoms with Crippen molar-refractivity contribution in [1.82, 2.24) is 14.8 Å². The first-order valence-corrected chi connectivity index (χ1v) is 11.4. The van der Waals surface area contributed by atoms with E-state index in [1.54, 1.807) is 0 Å². The molecule has 0 saturated heterocycles. The molecule has 2 aromatic carbocycles. The van der Waals surface area contributed by atoms with Gasteiger partial charge in [-0.15, -0.1) is 5.10 Å². The van der Waals surface area contributed by atoms with E-state index in [-0.39, 0.29) is 22.8 Å². The zero-order chi connectivity index (χ0) is 21.8. The third-order valence-electron chi connectivity index (χ3n) is 4.86. The Kier molecular flexibility index (Phi) is 6.30. The van der Waals surface area contributed by atoms with Crippen molar-refractivity contribution < 1.29 is 4.79 Å². The SMILES string of the molecule is CN1/C(=C(\C#N)C(=O)CSc2n[nH]c(=O)n2CCc2ccccc2)Sc2ccccc21. The van der Waals surface area contributed by atoms with Crippen molar-refractivity contribution in [2.45, 2.75) is 23.0 Å². The second kappa shape index (κ2) is 9.29. The molecule has 0 amide bonds. The molecule has 31 heavy (non-hydrogen) atoms. The topological polar surface area (TPSA) is 94.8 Å². The lowest BCUT2D eigenvalue weighted by molar-refractivity contribution is -0.112. The first kappa shape index (κ1) is 21.0. The Hall–Kier alpha value is -3.22. The van der Waals surface area contributed by atoms with Gasteiger partial charge in [0.2, 0.25) is 0 Å². The van der Waals surface area contributed by atoms with E-state index < -0.39 is 0 Å². The molecule has 9 heteroatoms. The van der Waals surface area contributed by atoms with Crippen LogP contribution in [0.5, 0.6) is 0 Å². The number of nitrogens with zero attached hydrogens (tertiary/aromatic N) is 4. The van der Waals surface area contributed by atoms with Crippen LogP contribution in [0, 0.1) is 11.3 Å². The molecule has 0 radical (unpaired) electrons. The molecule has 1 aromatic heterocycles. The number of para-hydroxylation sites is 1. The number of H-pyrrole nitrogens is 1. The van der Waals surface area contributed by atoms with Gasteiger partial charge in [-0.05, 0) is 24.1 Å². The number of aromatic amines is 1. The smallest absolute Gasteiger partial charge is 0.337 e. The van der Waals surface area contributed by atoms with E-state index in [4.69, 9.17) is 0 Å². The maximum absolute atomic E-state index is 12.9. The largest absolute Gasteiger partial charge is 0.343 e. The molecule has 0 atom stereocenters. The standard InChI is InChI=1S/C22H19N5O2S2/c1-26-17-9-5-6-10-19(17)31-20(26)16(13-23)18(28)14-30-22-25-24-21(29)27(22)12-11-15-7-3-2-4-8-15/h2-10H,11-12,14H2,1H3,(H,24,29)/b20-16-. The van der Waals surface area contributed by atoms with E-state index in [1.807, 2.05) is 66.5 Å². The monoisotopic (exact) mass is 449 g/mol. The molecular formula is C22H19N5O2S2. The summed E-state index contributed by atoms with van der Waals surface area (Å²) in [6.07, 6.45) is 0.676. The second-order valence-corrected chi connectivity index (χ2v) is 8.80. The summed E-state index contributed by atoms with van der Waals surface area (Å²) in [6, 6.07) is 19.7. The van der Waals surface area contributed by atoms with Gasteiger partial charge in [-0.2, -0.15) is 5.26 Å². The van der Waals surface area contributed by atoms with Gasteiger partial charge in [0.05, 0.1) is 11.4 Å². The number of fused-ring (bicyclic) bond motifs is 1. The van der Waals surface area contributed by atoms with E-state index in [1.165, 1.54) is 16.3 Å². The zero-order valence-electron chi connectivity index (χ0n) is 16.7. The Balaban J connectivity index is 1.47. The van der Waals surface area contributed by atoms with E-state index >= 15 is 0 Å². The molecule has 3 aromatic rings. The lowest BCUT2D eigenvalue weighted by Gasteiger charge is -2.14. The summed E-state index contributed by atoms with van der Waals surface area (Å²) in [6.45, 7) is 0.454. The van der Waals surface area contributed by atoms with Gasteiger partial charge in [0.15, 0.2) is 10.9 Å². The van der Waals surface area contributed by atoms with E-state index in [0.717, 1.165) is 27.9 Å². The van der Waals surface area contributed by atoms with Crippen LogP contribution < -0.4 is 10.6 Å². The molecule has 1 aliphatic heterocycles. The van der Waals surface area contributed by atoms with Crippen molar-refractivity contribution >= 4 is 35.0 Å². The number of anilines is 1. The van der Waals surface area contributed by atoms with Crippen LogP contribution in [0.2, 0.25) is 0 Å². The van der Waals surface area contributed by atoms with Crippen LogP contribution in [0.3, 0.4) is 0 Å². The van der Waals surface area contributed by atoms with Gasteiger partial charge >= 0.3 is 5.69 Å². The van der Waals surface area contributed by atoms with Crippen LogP contribution in [-0.2, 0) is 17.8 Å². The number of ketones is 1.